The van der Waals surface area contributed by atoms with Gasteiger partial charge in [0, 0.05) is 22.5 Å². The van der Waals surface area contributed by atoms with Crippen LogP contribution >= 0.6 is 11.8 Å². The SMILES string of the molecule is CCC(CCCCCCCCCC1c2ccc(O)cc2SCC1(C)c1ccc(O)cc1)(CCCCCC(F)(F)C(F)(F)F)C(=O)O. The summed E-state index contributed by atoms with van der Waals surface area (Å²) in [6, 6.07) is 13.1. The van der Waals surface area contributed by atoms with Gasteiger partial charge in [0.1, 0.15) is 11.5 Å². The number of phenolic OH excluding ortho intramolecular Hbond substituents is 2. The predicted molar refractivity (Wildman–Crippen MR) is 173 cm³/mol. The second-order valence-corrected chi connectivity index (χ2v) is 14.3. The number of phenols is 2. The van der Waals surface area contributed by atoms with Gasteiger partial charge in [-0.15, -0.1) is 11.8 Å². The molecule has 0 bridgehead atoms. The maximum atomic E-state index is 13.1. The van der Waals surface area contributed by atoms with Crippen LogP contribution in [0, 0.1) is 5.41 Å². The number of carboxylic acid groups (broad SMARTS) is 1. The van der Waals surface area contributed by atoms with Crippen molar-refractivity contribution in [1.29, 1.82) is 0 Å². The lowest BCUT2D eigenvalue weighted by atomic mass is 9.68. The number of rotatable bonds is 19. The van der Waals surface area contributed by atoms with Crippen LogP contribution in [0.5, 0.6) is 11.5 Å². The largest absolute Gasteiger partial charge is 0.508 e. The second-order valence-electron chi connectivity index (χ2n) is 13.2. The number of aromatic hydroxyl groups is 2. The maximum absolute atomic E-state index is 13.1. The van der Waals surface area contributed by atoms with Crippen molar-refractivity contribution in [1.82, 2.24) is 0 Å². The van der Waals surface area contributed by atoms with Gasteiger partial charge >= 0.3 is 18.1 Å². The van der Waals surface area contributed by atoms with E-state index in [9.17, 15) is 42.1 Å². The number of alkyl halides is 5. The normalized spacial score (nSPS) is 19.8. The van der Waals surface area contributed by atoms with E-state index in [0.29, 0.717) is 19.3 Å². The Morgan fingerprint density at radius 2 is 1.33 bits per heavy atom. The highest BCUT2D eigenvalue weighted by molar-refractivity contribution is 7.99. The maximum Gasteiger partial charge on any atom is 0.453 e. The average molecular weight is 673 g/mol. The molecule has 46 heavy (non-hydrogen) atoms. The summed E-state index contributed by atoms with van der Waals surface area (Å²) in [6.45, 7) is 4.08. The number of benzene rings is 2. The first-order valence-corrected chi connectivity index (χ1v) is 17.6. The van der Waals surface area contributed by atoms with Crippen LogP contribution in [-0.4, -0.2) is 39.1 Å². The summed E-state index contributed by atoms with van der Waals surface area (Å²) < 4.78 is 63.4. The van der Waals surface area contributed by atoms with Crippen LogP contribution in [0.1, 0.15) is 127 Å². The van der Waals surface area contributed by atoms with Crippen molar-refractivity contribution in [2.75, 3.05) is 5.75 Å². The molecular weight excluding hydrogens is 623 g/mol. The molecule has 3 unspecified atom stereocenters. The molecule has 0 aromatic heterocycles. The van der Waals surface area contributed by atoms with Crippen LogP contribution in [0.4, 0.5) is 22.0 Å². The fourth-order valence-corrected chi connectivity index (χ4v) is 8.28. The lowest BCUT2D eigenvalue weighted by molar-refractivity contribution is -0.284. The highest BCUT2D eigenvalue weighted by Gasteiger charge is 2.56. The zero-order chi connectivity index (χ0) is 34.0. The second kappa shape index (κ2) is 16.6. The van der Waals surface area contributed by atoms with E-state index in [0.717, 1.165) is 62.0 Å². The molecule has 0 fully saturated rings. The summed E-state index contributed by atoms with van der Waals surface area (Å²) in [6.07, 6.45) is 2.34. The molecule has 2 aromatic carbocycles. The van der Waals surface area contributed by atoms with Crippen molar-refractivity contribution < 1.29 is 42.1 Å². The Balaban J connectivity index is 1.42. The number of fused-ring (bicyclic) bond motifs is 1. The number of carboxylic acids is 1. The molecule has 1 aliphatic rings. The minimum absolute atomic E-state index is 0.119. The lowest BCUT2D eigenvalue weighted by Crippen LogP contribution is -2.36. The molecule has 258 valence electrons. The summed E-state index contributed by atoms with van der Waals surface area (Å²) in [7, 11) is 0. The van der Waals surface area contributed by atoms with E-state index in [1.54, 1.807) is 36.9 Å². The van der Waals surface area contributed by atoms with Crippen LogP contribution in [0.25, 0.3) is 0 Å². The third-order valence-corrected chi connectivity index (χ3v) is 11.4. The minimum Gasteiger partial charge on any atom is -0.508 e. The van der Waals surface area contributed by atoms with Gasteiger partial charge in [-0.05, 0) is 73.4 Å². The Kier molecular flexibility index (Phi) is 13.7. The monoisotopic (exact) mass is 672 g/mol. The Hall–Kier alpha value is -2.49. The number of unbranched alkanes of at least 4 members (excludes halogenated alkanes) is 8. The zero-order valence-electron chi connectivity index (χ0n) is 27.0. The van der Waals surface area contributed by atoms with Crippen molar-refractivity contribution in [3.8, 4) is 11.5 Å². The van der Waals surface area contributed by atoms with E-state index in [2.05, 4.69) is 6.92 Å². The highest BCUT2D eigenvalue weighted by atomic mass is 32.2. The first-order valence-electron chi connectivity index (χ1n) is 16.6. The third kappa shape index (κ3) is 9.77. The third-order valence-electron chi connectivity index (χ3n) is 10.0. The Morgan fingerprint density at radius 1 is 0.804 bits per heavy atom. The minimum atomic E-state index is -5.55. The van der Waals surface area contributed by atoms with Crippen molar-refractivity contribution >= 4 is 17.7 Å². The summed E-state index contributed by atoms with van der Waals surface area (Å²) >= 11 is 1.76. The molecule has 4 nitrogen and oxygen atoms in total. The van der Waals surface area contributed by atoms with Gasteiger partial charge in [0.15, 0.2) is 0 Å². The Bertz CT molecular complexity index is 1250. The van der Waals surface area contributed by atoms with Gasteiger partial charge in [-0.1, -0.05) is 89.8 Å². The quantitative estimate of drug-likeness (QED) is 0.102. The lowest BCUT2D eigenvalue weighted by Gasteiger charge is -2.43. The fourth-order valence-electron chi connectivity index (χ4n) is 6.88. The van der Waals surface area contributed by atoms with Gasteiger partial charge < -0.3 is 15.3 Å². The summed E-state index contributed by atoms with van der Waals surface area (Å²) in [5.41, 5.74) is 1.35. The molecule has 0 saturated carbocycles. The molecule has 0 spiro atoms. The summed E-state index contributed by atoms with van der Waals surface area (Å²) in [4.78, 5) is 13.2. The number of hydrogen-bond donors (Lipinski definition) is 3. The van der Waals surface area contributed by atoms with Gasteiger partial charge in [0.05, 0.1) is 5.41 Å². The van der Waals surface area contributed by atoms with E-state index in [1.807, 2.05) is 24.3 Å². The van der Waals surface area contributed by atoms with Gasteiger partial charge in [0.2, 0.25) is 0 Å². The summed E-state index contributed by atoms with van der Waals surface area (Å²) in [5, 5.41) is 29.8. The number of carbonyl (C=O) groups is 1. The average Bonchev–Trinajstić information content (AvgIpc) is 2.99. The number of aliphatic carboxylic acids is 1. The highest BCUT2D eigenvalue weighted by Crippen LogP contribution is 2.52. The van der Waals surface area contributed by atoms with E-state index < -0.39 is 29.9 Å². The van der Waals surface area contributed by atoms with Gasteiger partial charge in [-0.25, -0.2) is 0 Å². The molecular formula is C36H49F5O4S. The predicted octanol–water partition coefficient (Wildman–Crippen LogP) is 11.4. The van der Waals surface area contributed by atoms with Crippen LogP contribution in [0.3, 0.4) is 0 Å². The van der Waals surface area contributed by atoms with Crippen molar-refractivity contribution in [3.05, 3.63) is 53.6 Å². The molecule has 3 N–H and O–H groups in total. The van der Waals surface area contributed by atoms with E-state index in [-0.39, 0.29) is 42.1 Å². The first kappa shape index (κ1) is 38.0. The summed E-state index contributed by atoms with van der Waals surface area (Å²) in [5.74, 6) is -3.97. The molecule has 3 rings (SSSR count). The first-order chi connectivity index (χ1) is 21.6. The van der Waals surface area contributed by atoms with E-state index in [1.165, 1.54) is 11.1 Å². The number of thioether (sulfide) groups is 1. The Morgan fingerprint density at radius 3 is 1.89 bits per heavy atom. The van der Waals surface area contributed by atoms with Crippen molar-refractivity contribution in [2.24, 2.45) is 5.41 Å². The molecule has 10 heteroatoms. The standard InChI is InChI=1S/C36H49F5O4S/c1-3-34(32(44)45,22-12-9-13-23-35(37,38)36(39,40)41)21-11-8-6-4-5-7-10-14-30-29-20-19-28(43)24-31(29)46-25-33(30,2)26-15-17-27(42)18-16-26/h15-20,24,30,42-43H,3-14,21-23,25H2,1-2H3,(H,44,45). The van der Waals surface area contributed by atoms with Crippen LogP contribution in [-0.2, 0) is 10.2 Å². The van der Waals surface area contributed by atoms with Gasteiger partial charge in [-0.3, -0.25) is 4.79 Å². The topological polar surface area (TPSA) is 77.8 Å². The molecule has 0 amide bonds. The molecule has 1 aliphatic heterocycles. The smallest absolute Gasteiger partial charge is 0.453 e. The molecule has 0 radical (unpaired) electrons. The van der Waals surface area contributed by atoms with Crippen LogP contribution < -0.4 is 0 Å². The molecule has 2 aromatic rings. The molecule has 0 saturated heterocycles. The zero-order valence-corrected chi connectivity index (χ0v) is 27.8. The van der Waals surface area contributed by atoms with Crippen LogP contribution in [0.15, 0.2) is 47.4 Å². The van der Waals surface area contributed by atoms with Crippen LogP contribution in [0.2, 0.25) is 0 Å². The number of halogens is 5. The van der Waals surface area contributed by atoms with Crippen molar-refractivity contribution in [3.63, 3.8) is 0 Å². The van der Waals surface area contributed by atoms with E-state index in [4.69, 9.17) is 0 Å². The fraction of sp³-hybridized carbons (Fsp3) is 0.639. The van der Waals surface area contributed by atoms with Gasteiger partial charge in [-0.2, -0.15) is 22.0 Å². The van der Waals surface area contributed by atoms with Crippen molar-refractivity contribution in [2.45, 2.75) is 138 Å². The molecule has 1 heterocycles. The number of hydrogen-bond acceptors (Lipinski definition) is 4. The molecule has 3 atom stereocenters. The van der Waals surface area contributed by atoms with E-state index >= 15 is 0 Å². The van der Waals surface area contributed by atoms with Gasteiger partial charge in [0.25, 0.3) is 0 Å². The Labute approximate surface area is 274 Å². The molecule has 0 aliphatic carbocycles.